The Morgan fingerprint density at radius 2 is 1.96 bits per heavy atom. The first-order chi connectivity index (χ1) is 13.3. The van der Waals surface area contributed by atoms with E-state index >= 15 is 0 Å². The fourth-order valence-electron chi connectivity index (χ4n) is 2.89. The van der Waals surface area contributed by atoms with E-state index in [0.29, 0.717) is 12.2 Å². The minimum atomic E-state index is -1.26. The number of hydrogen-bond donors (Lipinski definition) is 5. The zero-order valence-corrected chi connectivity index (χ0v) is 15.7. The minimum Gasteiger partial charge on any atom is -0.478 e. The number of aliphatic carboxylic acids is 2. The van der Waals surface area contributed by atoms with Gasteiger partial charge in [0.1, 0.15) is 0 Å². The lowest BCUT2D eigenvalue weighted by Gasteiger charge is -2.17. The van der Waals surface area contributed by atoms with Crippen LogP contribution in [-0.2, 0) is 16.0 Å². The Morgan fingerprint density at radius 1 is 1.29 bits per heavy atom. The van der Waals surface area contributed by atoms with Crippen LogP contribution in [0.5, 0.6) is 0 Å². The number of rotatable bonds is 6. The molecule has 0 spiro atoms. The summed E-state index contributed by atoms with van der Waals surface area (Å²) in [6.45, 7) is 3.72. The van der Waals surface area contributed by atoms with Crippen LogP contribution in [0, 0.1) is 0 Å². The van der Waals surface area contributed by atoms with Gasteiger partial charge in [0, 0.05) is 49.4 Å². The molecule has 5 N–H and O–H groups in total. The summed E-state index contributed by atoms with van der Waals surface area (Å²) in [4.78, 5) is 35.6. The summed E-state index contributed by atoms with van der Waals surface area (Å²) in [5.41, 5.74) is 3.53. The van der Waals surface area contributed by atoms with Crippen LogP contribution in [0.25, 0.3) is 10.9 Å². The van der Waals surface area contributed by atoms with Gasteiger partial charge in [0.25, 0.3) is 0 Å². The van der Waals surface area contributed by atoms with Crippen LogP contribution in [-0.4, -0.2) is 64.2 Å². The van der Waals surface area contributed by atoms with Crippen molar-refractivity contribution in [1.29, 1.82) is 0 Å². The maximum absolute atomic E-state index is 11.5. The van der Waals surface area contributed by atoms with E-state index < -0.39 is 11.9 Å². The molecular formula is C19H24N4O5. The molecule has 2 amide bonds. The van der Waals surface area contributed by atoms with E-state index in [-0.39, 0.29) is 12.1 Å². The number of H-pyrrole nitrogens is 1. The number of carbonyl (C=O) groups excluding carboxylic acids is 1. The Kier molecular flexibility index (Phi) is 7.02. The van der Waals surface area contributed by atoms with Crippen LogP contribution in [0.2, 0.25) is 0 Å². The number of amides is 2. The number of urea groups is 1. The summed E-state index contributed by atoms with van der Waals surface area (Å²) in [5, 5.41) is 23.1. The van der Waals surface area contributed by atoms with Crippen molar-refractivity contribution in [2.75, 3.05) is 25.5 Å². The largest absolute Gasteiger partial charge is 0.478 e. The van der Waals surface area contributed by atoms with Crippen molar-refractivity contribution in [3.63, 3.8) is 0 Å². The average molecular weight is 388 g/mol. The zero-order valence-electron chi connectivity index (χ0n) is 15.7. The Hall–Kier alpha value is -3.49. The third-order valence-electron chi connectivity index (χ3n) is 4.31. The van der Waals surface area contributed by atoms with Crippen LogP contribution in [0.3, 0.4) is 0 Å². The second-order valence-corrected chi connectivity index (χ2v) is 6.28. The lowest BCUT2D eigenvalue weighted by Crippen LogP contribution is -2.31. The summed E-state index contributed by atoms with van der Waals surface area (Å²) in [7, 11) is 1.85. The second kappa shape index (κ2) is 9.45. The molecule has 0 radical (unpaired) electrons. The van der Waals surface area contributed by atoms with E-state index in [1.54, 1.807) is 4.90 Å². The Morgan fingerprint density at radius 3 is 2.50 bits per heavy atom. The number of anilines is 1. The lowest BCUT2D eigenvalue weighted by atomic mass is 10.0. The van der Waals surface area contributed by atoms with Gasteiger partial charge in [0.05, 0.1) is 11.7 Å². The number of nitrogens with zero attached hydrogens (tertiary/aromatic N) is 1. The van der Waals surface area contributed by atoms with Crippen molar-refractivity contribution in [1.82, 2.24) is 15.2 Å². The zero-order chi connectivity index (χ0) is 20.7. The van der Waals surface area contributed by atoms with Crippen LogP contribution >= 0.6 is 0 Å². The molecular weight excluding hydrogens is 364 g/mol. The number of hydrogen-bond acceptors (Lipinski definition) is 4. The van der Waals surface area contributed by atoms with Gasteiger partial charge in [-0.15, -0.1) is 0 Å². The van der Waals surface area contributed by atoms with Gasteiger partial charge in [0.15, 0.2) is 0 Å². The van der Waals surface area contributed by atoms with E-state index in [2.05, 4.69) is 40.7 Å². The van der Waals surface area contributed by atoms with Crippen molar-refractivity contribution < 1.29 is 24.6 Å². The Labute approximate surface area is 162 Å². The van der Waals surface area contributed by atoms with Gasteiger partial charge in [-0.2, -0.15) is 0 Å². The van der Waals surface area contributed by atoms with Crippen LogP contribution in [0.4, 0.5) is 10.5 Å². The highest BCUT2D eigenvalue weighted by Gasteiger charge is 2.27. The summed E-state index contributed by atoms with van der Waals surface area (Å²) < 4.78 is 0. The van der Waals surface area contributed by atoms with E-state index in [1.807, 2.05) is 13.2 Å². The Balaban J connectivity index is 0.000000300. The number of carboxylic acid groups (broad SMARTS) is 2. The van der Waals surface area contributed by atoms with Gasteiger partial charge in [-0.3, -0.25) is 0 Å². The molecule has 0 aliphatic carbocycles. The lowest BCUT2D eigenvalue weighted by molar-refractivity contribution is -0.134. The van der Waals surface area contributed by atoms with Gasteiger partial charge in [-0.25, -0.2) is 14.4 Å². The maximum Gasteiger partial charge on any atom is 0.328 e. The van der Waals surface area contributed by atoms with Gasteiger partial charge >= 0.3 is 18.0 Å². The first-order valence-electron chi connectivity index (χ1n) is 8.80. The van der Waals surface area contributed by atoms with Crippen LogP contribution in [0.15, 0.2) is 36.5 Å². The topological polar surface area (TPSA) is 135 Å². The smallest absolute Gasteiger partial charge is 0.328 e. The maximum atomic E-state index is 11.5. The third kappa shape index (κ3) is 5.50. The molecule has 1 saturated heterocycles. The molecule has 3 rings (SSSR count). The van der Waals surface area contributed by atoms with Crippen molar-refractivity contribution in [2.24, 2.45) is 0 Å². The molecule has 1 atom stereocenters. The van der Waals surface area contributed by atoms with Crippen LogP contribution < -0.4 is 10.6 Å². The fraction of sp³-hybridized carbons (Fsp3) is 0.316. The molecule has 150 valence electrons. The van der Waals surface area contributed by atoms with Crippen molar-refractivity contribution in [3.05, 3.63) is 42.1 Å². The second-order valence-electron chi connectivity index (χ2n) is 6.28. The van der Waals surface area contributed by atoms with E-state index in [9.17, 15) is 14.4 Å². The van der Waals surface area contributed by atoms with Gasteiger partial charge in [0.2, 0.25) is 0 Å². The average Bonchev–Trinajstić information content (AvgIpc) is 3.19. The van der Waals surface area contributed by atoms with Gasteiger partial charge in [-0.1, -0.05) is 6.07 Å². The molecule has 0 bridgehead atoms. The molecule has 9 heteroatoms. The summed E-state index contributed by atoms with van der Waals surface area (Å²) >= 11 is 0. The molecule has 1 aliphatic heterocycles. The summed E-state index contributed by atoms with van der Waals surface area (Å²) in [6.07, 6.45) is 4.00. The molecule has 1 aliphatic rings. The highest BCUT2D eigenvalue weighted by molar-refractivity contribution is 5.93. The van der Waals surface area contributed by atoms with Crippen LogP contribution in [0.1, 0.15) is 12.5 Å². The SMILES string of the molecule is CCNc1c[nH]c2ccc(CC3CNC(=O)N3C)cc12.O=C(O)/C=C\C(=O)O. The summed E-state index contributed by atoms with van der Waals surface area (Å²) in [5.74, 6) is -2.51. The number of carboxylic acids is 2. The van der Waals surface area contributed by atoms with Crippen molar-refractivity contribution in [3.8, 4) is 0 Å². The Bertz CT molecular complexity index is 874. The molecule has 2 heterocycles. The third-order valence-corrected chi connectivity index (χ3v) is 4.31. The van der Waals surface area contributed by atoms with Gasteiger partial charge < -0.3 is 30.7 Å². The standard InChI is InChI=1S/C15H20N4O.C4H4O4/c1-3-16-14-9-17-13-5-4-10(7-12(13)14)6-11-8-18-15(20)19(11)2;5-3(6)1-2-4(7)8/h4-5,7,9,11,16-17H,3,6,8H2,1-2H3,(H,18,20);1-2H,(H,5,6)(H,7,8)/b;2-1-. The summed E-state index contributed by atoms with van der Waals surface area (Å²) in [6, 6.07) is 6.70. The van der Waals surface area contributed by atoms with E-state index in [4.69, 9.17) is 10.2 Å². The molecule has 9 nitrogen and oxygen atoms in total. The molecule has 1 aromatic carbocycles. The quantitative estimate of drug-likeness (QED) is 0.480. The number of aromatic nitrogens is 1. The molecule has 0 saturated carbocycles. The number of carbonyl (C=O) groups is 3. The number of benzene rings is 1. The predicted octanol–water partition coefficient (Wildman–Crippen LogP) is 1.88. The predicted molar refractivity (Wildman–Crippen MR) is 106 cm³/mol. The van der Waals surface area contributed by atoms with E-state index in [1.165, 1.54) is 10.9 Å². The highest BCUT2D eigenvalue weighted by Crippen LogP contribution is 2.25. The molecule has 1 aromatic heterocycles. The number of fused-ring (bicyclic) bond motifs is 1. The molecule has 1 fully saturated rings. The van der Waals surface area contributed by atoms with Crippen molar-refractivity contribution >= 4 is 34.6 Å². The number of nitrogens with one attached hydrogen (secondary N) is 3. The molecule has 2 aromatic rings. The first-order valence-corrected chi connectivity index (χ1v) is 8.80. The van der Waals surface area contributed by atoms with Gasteiger partial charge in [-0.05, 0) is 31.0 Å². The first kappa shape index (κ1) is 20.8. The van der Waals surface area contributed by atoms with Crippen molar-refractivity contribution in [2.45, 2.75) is 19.4 Å². The molecule has 28 heavy (non-hydrogen) atoms. The fourth-order valence-corrected chi connectivity index (χ4v) is 2.89. The van der Waals surface area contributed by atoms with E-state index in [0.717, 1.165) is 30.7 Å². The molecule has 1 unspecified atom stereocenters. The number of aromatic amines is 1. The minimum absolute atomic E-state index is 0.0195. The highest BCUT2D eigenvalue weighted by atomic mass is 16.4. The normalized spacial score (nSPS) is 16.0. The number of likely N-dealkylation sites (N-methyl/N-ethyl adjacent to an activating group) is 1. The monoisotopic (exact) mass is 388 g/mol.